The van der Waals surface area contributed by atoms with Crippen LogP contribution in [-0.4, -0.2) is 42.3 Å². The maximum Gasteiger partial charge on any atom is 0.389 e. The van der Waals surface area contributed by atoms with Crippen molar-refractivity contribution in [3.8, 4) is 0 Å². The number of halogens is 3. The van der Waals surface area contributed by atoms with Crippen LogP contribution in [0.4, 0.5) is 18.9 Å². The summed E-state index contributed by atoms with van der Waals surface area (Å²) in [6.07, 6.45) is 4.57. The van der Waals surface area contributed by atoms with E-state index >= 15 is 0 Å². The maximum absolute atomic E-state index is 14.1. The minimum absolute atomic E-state index is 0.0755. The smallest absolute Gasteiger partial charge is 0.372 e. The van der Waals surface area contributed by atoms with E-state index < -0.39 is 18.0 Å². The van der Waals surface area contributed by atoms with E-state index in [1.165, 1.54) is 11.3 Å². The predicted octanol–water partition coefficient (Wildman–Crippen LogP) is 8.34. The number of hydrogen-bond acceptors (Lipinski definition) is 3. The lowest BCUT2D eigenvalue weighted by atomic mass is 9.73. The van der Waals surface area contributed by atoms with Crippen LogP contribution in [0.2, 0.25) is 0 Å². The molecule has 1 amide bonds. The molecule has 1 saturated heterocycles. The molecule has 1 spiro atoms. The number of carbonyl (C=O) groups is 1. The van der Waals surface area contributed by atoms with Crippen molar-refractivity contribution in [3.05, 3.63) is 52.9 Å². The highest BCUT2D eigenvalue weighted by molar-refractivity contribution is 6.12. The van der Waals surface area contributed by atoms with Crippen LogP contribution >= 0.6 is 0 Å². The molecule has 1 aliphatic carbocycles. The Balaban J connectivity index is 1.58. The SMILES string of the molecule is CCC/C=C(\C(C)C)N1CC2(C1)C(=O)N(CC(CCCCC(F)(F)F)=NC1=C(C)CCCC1)c1ccccc12. The monoisotopic (exact) mass is 543 g/mol. The number of anilines is 1. The van der Waals surface area contributed by atoms with Gasteiger partial charge in [0.05, 0.1) is 6.54 Å². The van der Waals surface area contributed by atoms with Gasteiger partial charge in [-0.25, -0.2) is 0 Å². The van der Waals surface area contributed by atoms with Crippen molar-refractivity contribution in [2.75, 3.05) is 24.5 Å². The molecule has 3 aliphatic rings. The molecule has 214 valence electrons. The predicted molar refractivity (Wildman–Crippen MR) is 153 cm³/mol. The highest BCUT2D eigenvalue weighted by atomic mass is 19.4. The average Bonchev–Trinajstić information content (AvgIpc) is 3.10. The number of nitrogens with zero attached hydrogens (tertiary/aromatic N) is 3. The molecule has 0 saturated carbocycles. The maximum atomic E-state index is 14.1. The number of carbonyl (C=O) groups excluding carboxylic acids is 1. The Morgan fingerprint density at radius 1 is 1.13 bits per heavy atom. The number of rotatable bonds is 11. The van der Waals surface area contributed by atoms with Gasteiger partial charge >= 0.3 is 6.18 Å². The van der Waals surface area contributed by atoms with E-state index in [9.17, 15) is 18.0 Å². The van der Waals surface area contributed by atoms with Crippen LogP contribution in [0.5, 0.6) is 0 Å². The third-order valence-electron chi connectivity index (χ3n) is 8.40. The minimum Gasteiger partial charge on any atom is -0.372 e. The number of fused-ring (bicyclic) bond motifs is 2. The van der Waals surface area contributed by atoms with Gasteiger partial charge in [-0.05, 0) is 75.8 Å². The van der Waals surface area contributed by atoms with Gasteiger partial charge < -0.3 is 9.80 Å². The molecule has 1 aromatic rings. The van der Waals surface area contributed by atoms with Gasteiger partial charge in [0.15, 0.2) is 0 Å². The summed E-state index contributed by atoms with van der Waals surface area (Å²) < 4.78 is 38.4. The third-order valence-corrected chi connectivity index (χ3v) is 8.40. The van der Waals surface area contributed by atoms with Crippen LogP contribution in [0, 0.1) is 5.92 Å². The molecule has 1 aromatic carbocycles. The van der Waals surface area contributed by atoms with E-state index in [1.807, 2.05) is 23.1 Å². The number of unbranched alkanes of at least 4 members (excludes halogenated alkanes) is 2. The van der Waals surface area contributed by atoms with Gasteiger partial charge in [-0.1, -0.05) is 57.0 Å². The first-order chi connectivity index (χ1) is 18.6. The van der Waals surface area contributed by atoms with E-state index in [0.29, 0.717) is 38.4 Å². The Hall–Kier alpha value is -2.57. The molecule has 7 heteroatoms. The van der Waals surface area contributed by atoms with Gasteiger partial charge in [0, 0.05) is 42.3 Å². The van der Waals surface area contributed by atoms with Crippen LogP contribution in [0.25, 0.3) is 0 Å². The van der Waals surface area contributed by atoms with Crippen molar-refractivity contribution in [3.63, 3.8) is 0 Å². The standard InChI is InChI=1S/C32H44F3N3O/c1-5-6-17-28(23(2)3)37-21-31(22-37)26-15-8-10-18-29(26)38(30(31)39)20-25(14-11-12-19-32(33,34)35)36-27-16-9-7-13-24(27)4/h8,10,15,17-18,23H,5-7,9,11-14,16,19-22H2,1-4H3/b28-17+,36-25?. The van der Waals surface area contributed by atoms with E-state index in [2.05, 4.69) is 44.7 Å². The average molecular weight is 544 g/mol. The molecule has 4 rings (SSSR count). The van der Waals surface area contributed by atoms with Gasteiger partial charge in [0.1, 0.15) is 5.41 Å². The number of amides is 1. The van der Waals surface area contributed by atoms with Gasteiger partial charge in [0.2, 0.25) is 5.91 Å². The summed E-state index contributed by atoms with van der Waals surface area (Å²) in [4.78, 5) is 23.4. The Kier molecular flexibility index (Phi) is 9.28. The van der Waals surface area contributed by atoms with E-state index in [-0.39, 0.29) is 12.3 Å². The summed E-state index contributed by atoms with van der Waals surface area (Å²) in [5.41, 5.74) is 5.84. The van der Waals surface area contributed by atoms with Crippen LogP contribution in [0.15, 0.2) is 52.3 Å². The van der Waals surface area contributed by atoms with E-state index in [1.54, 1.807) is 0 Å². The first-order valence-electron chi connectivity index (χ1n) is 14.7. The zero-order valence-corrected chi connectivity index (χ0v) is 24.0. The Morgan fingerprint density at radius 2 is 1.85 bits per heavy atom. The number of likely N-dealkylation sites (tertiary alicyclic amines) is 1. The van der Waals surface area contributed by atoms with Crippen LogP contribution in [-0.2, 0) is 10.2 Å². The number of para-hydroxylation sites is 1. The normalized spacial score (nSPS) is 19.8. The van der Waals surface area contributed by atoms with Gasteiger partial charge in [-0.3, -0.25) is 9.79 Å². The van der Waals surface area contributed by atoms with E-state index in [4.69, 9.17) is 4.99 Å². The van der Waals surface area contributed by atoms with Crippen molar-refractivity contribution >= 4 is 17.3 Å². The summed E-state index contributed by atoms with van der Waals surface area (Å²) in [6, 6.07) is 8.04. The fraction of sp³-hybridized carbons (Fsp3) is 0.625. The summed E-state index contributed by atoms with van der Waals surface area (Å²) in [7, 11) is 0. The lowest BCUT2D eigenvalue weighted by Gasteiger charge is -2.50. The molecule has 39 heavy (non-hydrogen) atoms. The van der Waals surface area contributed by atoms with Gasteiger partial charge in [0.25, 0.3) is 0 Å². The fourth-order valence-electron chi connectivity index (χ4n) is 6.26. The molecule has 0 N–H and O–H groups in total. The molecule has 2 aliphatic heterocycles. The second-order valence-electron chi connectivity index (χ2n) is 11.9. The third kappa shape index (κ3) is 6.60. The number of allylic oxidation sites excluding steroid dienone is 4. The van der Waals surface area contributed by atoms with Crippen LogP contribution in [0.3, 0.4) is 0 Å². The van der Waals surface area contributed by atoms with Crippen molar-refractivity contribution in [1.29, 1.82) is 0 Å². The zero-order chi connectivity index (χ0) is 28.2. The minimum atomic E-state index is -4.15. The van der Waals surface area contributed by atoms with Crippen LogP contribution in [0.1, 0.15) is 97.5 Å². The topological polar surface area (TPSA) is 35.9 Å². The molecule has 2 heterocycles. The summed E-state index contributed by atoms with van der Waals surface area (Å²) in [6.45, 7) is 10.3. The molecular weight excluding hydrogens is 499 g/mol. The quantitative estimate of drug-likeness (QED) is 0.208. The molecular formula is C32H44F3N3O. The first kappa shape index (κ1) is 29.4. The van der Waals surface area contributed by atoms with Crippen molar-refractivity contribution in [2.45, 2.75) is 103 Å². The Labute approximate surface area is 232 Å². The summed E-state index contributed by atoms with van der Waals surface area (Å²) in [5, 5.41) is 0. The van der Waals surface area contributed by atoms with Crippen LogP contribution < -0.4 is 4.90 Å². The molecule has 4 nitrogen and oxygen atoms in total. The zero-order valence-electron chi connectivity index (χ0n) is 24.0. The molecule has 0 bridgehead atoms. The van der Waals surface area contributed by atoms with Gasteiger partial charge in [-0.2, -0.15) is 13.2 Å². The highest BCUT2D eigenvalue weighted by Crippen LogP contribution is 2.49. The summed E-state index contributed by atoms with van der Waals surface area (Å²) >= 11 is 0. The largest absolute Gasteiger partial charge is 0.389 e. The number of aliphatic imine (C=N–C) groups is 1. The second kappa shape index (κ2) is 12.3. The lowest BCUT2D eigenvalue weighted by molar-refractivity contribution is -0.135. The van der Waals surface area contributed by atoms with Crippen molar-refractivity contribution in [1.82, 2.24) is 4.90 Å². The number of alkyl halides is 3. The van der Waals surface area contributed by atoms with Crippen molar-refractivity contribution < 1.29 is 18.0 Å². The number of benzene rings is 1. The van der Waals surface area contributed by atoms with Gasteiger partial charge in [-0.15, -0.1) is 0 Å². The molecule has 0 radical (unpaired) electrons. The first-order valence-corrected chi connectivity index (χ1v) is 14.7. The molecule has 0 aromatic heterocycles. The van der Waals surface area contributed by atoms with E-state index in [0.717, 1.165) is 61.2 Å². The van der Waals surface area contributed by atoms with Crippen molar-refractivity contribution in [2.24, 2.45) is 10.9 Å². The fourth-order valence-corrected chi connectivity index (χ4v) is 6.26. The Morgan fingerprint density at radius 3 is 2.51 bits per heavy atom. The lowest BCUT2D eigenvalue weighted by Crippen LogP contribution is -2.63. The number of hydrogen-bond donors (Lipinski definition) is 0. The molecule has 0 unspecified atom stereocenters. The summed E-state index contributed by atoms with van der Waals surface area (Å²) in [5.74, 6) is 0.482. The Bertz CT molecular complexity index is 1130. The molecule has 0 atom stereocenters. The molecule has 1 fully saturated rings. The second-order valence-corrected chi connectivity index (χ2v) is 11.9. The highest BCUT2D eigenvalue weighted by Gasteiger charge is 2.58.